The standard InChI is InChI=1S/C24H29N5O2S/c1-18-9-11-20(12-10-18)29-23(28-15-5-6-16-28)26-27-24(29)32-17-22(30)25-14-13-19-7-3-4-8-21(19)31-2/h3-4,7-12H,5-6,13-17H2,1-2H3,(H,25,30). The van der Waals surface area contributed by atoms with Crippen LogP contribution in [0.2, 0.25) is 0 Å². The molecule has 1 aromatic heterocycles. The molecule has 0 bridgehead atoms. The molecular weight excluding hydrogens is 422 g/mol. The first-order valence-electron chi connectivity index (χ1n) is 10.9. The van der Waals surface area contributed by atoms with Crippen LogP contribution >= 0.6 is 11.8 Å². The number of carbonyl (C=O) groups is 1. The second-order valence-corrected chi connectivity index (χ2v) is 8.79. The topological polar surface area (TPSA) is 72.3 Å². The van der Waals surface area contributed by atoms with Crippen LogP contribution in [0.4, 0.5) is 5.95 Å². The van der Waals surface area contributed by atoms with Crippen molar-refractivity contribution < 1.29 is 9.53 Å². The highest BCUT2D eigenvalue weighted by molar-refractivity contribution is 7.99. The van der Waals surface area contributed by atoms with Gasteiger partial charge in [0.2, 0.25) is 11.9 Å². The van der Waals surface area contributed by atoms with Crippen molar-refractivity contribution in [3.05, 3.63) is 59.7 Å². The van der Waals surface area contributed by atoms with Gasteiger partial charge in [-0.15, -0.1) is 10.2 Å². The Kier molecular flexibility index (Phi) is 7.32. The molecule has 168 valence electrons. The summed E-state index contributed by atoms with van der Waals surface area (Å²) < 4.78 is 7.44. The smallest absolute Gasteiger partial charge is 0.232 e. The minimum Gasteiger partial charge on any atom is -0.496 e. The summed E-state index contributed by atoms with van der Waals surface area (Å²) in [7, 11) is 1.66. The molecule has 0 atom stereocenters. The van der Waals surface area contributed by atoms with Gasteiger partial charge in [-0.25, -0.2) is 0 Å². The normalized spacial score (nSPS) is 13.4. The Bertz CT molecular complexity index is 1040. The molecule has 0 unspecified atom stereocenters. The van der Waals surface area contributed by atoms with E-state index >= 15 is 0 Å². The van der Waals surface area contributed by atoms with Crippen molar-refractivity contribution in [3.8, 4) is 11.4 Å². The number of aromatic nitrogens is 3. The Morgan fingerprint density at radius 2 is 1.84 bits per heavy atom. The van der Waals surface area contributed by atoms with Gasteiger partial charge in [0.05, 0.1) is 18.6 Å². The maximum atomic E-state index is 12.5. The van der Waals surface area contributed by atoms with Gasteiger partial charge in [-0.2, -0.15) is 0 Å². The maximum Gasteiger partial charge on any atom is 0.232 e. The fourth-order valence-corrected chi connectivity index (χ4v) is 4.60. The fraction of sp³-hybridized carbons (Fsp3) is 0.375. The number of anilines is 1. The van der Waals surface area contributed by atoms with E-state index in [-0.39, 0.29) is 11.7 Å². The monoisotopic (exact) mass is 451 g/mol. The quantitative estimate of drug-likeness (QED) is 0.501. The lowest BCUT2D eigenvalue weighted by Crippen LogP contribution is -2.27. The van der Waals surface area contributed by atoms with Crippen LogP contribution in [-0.2, 0) is 11.2 Å². The zero-order valence-corrected chi connectivity index (χ0v) is 19.4. The van der Waals surface area contributed by atoms with Gasteiger partial charge in [0.1, 0.15) is 5.75 Å². The van der Waals surface area contributed by atoms with Crippen LogP contribution in [0.1, 0.15) is 24.0 Å². The van der Waals surface area contributed by atoms with Gasteiger partial charge in [-0.1, -0.05) is 47.7 Å². The van der Waals surface area contributed by atoms with Gasteiger partial charge in [0.25, 0.3) is 0 Å². The number of amides is 1. The van der Waals surface area contributed by atoms with Crippen molar-refractivity contribution in [2.24, 2.45) is 0 Å². The van der Waals surface area contributed by atoms with E-state index in [2.05, 4.69) is 56.2 Å². The van der Waals surface area contributed by atoms with Crippen molar-refractivity contribution in [1.29, 1.82) is 0 Å². The number of methoxy groups -OCH3 is 1. The first kappa shape index (κ1) is 22.2. The van der Waals surface area contributed by atoms with Crippen molar-refractivity contribution in [2.45, 2.75) is 31.3 Å². The summed E-state index contributed by atoms with van der Waals surface area (Å²) in [5.41, 5.74) is 3.30. The molecule has 0 saturated carbocycles. The number of carbonyl (C=O) groups excluding carboxylic acids is 1. The van der Waals surface area contributed by atoms with Crippen molar-refractivity contribution in [1.82, 2.24) is 20.1 Å². The van der Waals surface area contributed by atoms with Crippen molar-refractivity contribution in [3.63, 3.8) is 0 Å². The third-order valence-electron chi connectivity index (χ3n) is 5.54. The number of hydrogen-bond donors (Lipinski definition) is 1. The van der Waals surface area contributed by atoms with E-state index < -0.39 is 0 Å². The van der Waals surface area contributed by atoms with Crippen LogP contribution in [-0.4, -0.2) is 53.2 Å². The van der Waals surface area contributed by atoms with Gasteiger partial charge in [0, 0.05) is 19.6 Å². The summed E-state index contributed by atoms with van der Waals surface area (Å²) in [5, 5.41) is 12.6. The van der Waals surface area contributed by atoms with Gasteiger partial charge in [-0.3, -0.25) is 9.36 Å². The summed E-state index contributed by atoms with van der Waals surface area (Å²) in [5.74, 6) is 1.96. The number of nitrogens with zero attached hydrogens (tertiary/aromatic N) is 4. The molecule has 4 rings (SSSR count). The lowest BCUT2D eigenvalue weighted by atomic mass is 10.1. The molecular formula is C24H29N5O2S. The highest BCUT2D eigenvalue weighted by Crippen LogP contribution is 2.28. The molecule has 0 spiro atoms. The van der Waals surface area contributed by atoms with Crippen LogP contribution in [0.15, 0.2) is 53.7 Å². The van der Waals surface area contributed by atoms with E-state index in [0.717, 1.165) is 60.5 Å². The first-order chi connectivity index (χ1) is 15.7. The molecule has 1 N–H and O–H groups in total. The Morgan fingerprint density at radius 1 is 1.09 bits per heavy atom. The first-order valence-corrected chi connectivity index (χ1v) is 11.9. The molecule has 32 heavy (non-hydrogen) atoms. The van der Waals surface area contributed by atoms with Crippen LogP contribution in [0.3, 0.4) is 0 Å². The van der Waals surface area contributed by atoms with Gasteiger partial charge >= 0.3 is 0 Å². The number of thioether (sulfide) groups is 1. The molecule has 1 aliphatic heterocycles. The Hall–Kier alpha value is -3.00. The van der Waals surface area contributed by atoms with E-state index in [9.17, 15) is 4.79 Å². The van der Waals surface area contributed by atoms with Crippen LogP contribution in [0, 0.1) is 6.92 Å². The average Bonchev–Trinajstić information content (AvgIpc) is 3.48. The van der Waals surface area contributed by atoms with Crippen molar-refractivity contribution in [2.75, 3.05) is 37.4 Å². The van der Waals surface area contributed by atoms with E-state index in [1.165, 1.54) is 17.3 Å². The van der Waals surface area contributed by atoms with E-state index in [0.29, 0.717) is 6.54 Å². The number of hydrogen-bond acceptors (Lipinski definition) is 6. The van der Waals surface area contributed by atoms with Crippen LogP contribution in [0.5, 0.6) is 5.75 Å². The molecule has 3 aromatic rings. The molecule has 1 amide bonds. The Balaban J connectivity index is 1.40. The molecule has 0 radical (unpaired) electrons. The van der Waals surface area contributed by atoms with E-state index in [1.54, 1.807) is 7.11 Å². The van der Waals surface area contributed by atoms with Gasteiger partial charge < -0.3 is 15.0 Å². The zero-order chi connectivity index (χ0) is 22.3. The highest BCUT2D eigenvalue weighted by Gasteiger charge is 2.22. The maximum absolute atomic E-state index is 12.5. The molecule has 1 fully saturated rings. The number of nitrogens with one attached hydrogen (secondary N) is 1. The van der Waals surface area contributed by atoms with Crippen LogP contribution < -0.4 is 15.0 Å². The predicted octanol–water partition coefficient (Wildman–Crippen LogP) is 3.64. The van der Waals surface area contributed by atoms with Gasteiger partial charge in [-0.05, 0) is 49.9 Å². The number of ether oxygens (including phenoxy) is 1. The third kappa shape index (κ3) is 5.24. The fourth-order valence-electron chi connectivity index (χ4n) is 3.82. The molecule has 8 heteroatoms. The van der Waals surface area contributed by atoms with Crippen molar-refractivity contribution >= 4 is 23.6 Å². The minimum absolute atomic E-state index is 0.0222. The second kappa shape index (κ2) is 10.5. The zero-order valence-electron chi connectivity index (χ0n) is 18.6. The van der Waals surface area contributed by atoms with E-state index in [1.807, 2.05) is 24.3 Å². The summed E-state index contributed by atoms with van der Waals surface area (Å²) in [6, 6.07) is 16.2. The number of para-hydroxylation sites is 1. The Labute approximate surface area is 193 Å². The van der Waals surface area contributed by atoms with Crippen LogP contribution in [0.25, 0.3) is 5.69 Å². The van der Waals surface area contributed by atoms with Gasteiger partial charge in [0.15, 0.2) is 5.16 Å². The predicted molar refractivity (Wildman–Crippen MR) is 128 cm³/mol. The second-order valence-electron chi connectivity index (χ2n) is 7.85. The number of benzene rings is 2. The molecule has 2 heterocycles. The lowest BCUT2D eigenvalue weighted by molar-refractivity contribution is -0.118. The molecule has 2 aromatic carbocycles. The van der Waals surface area contributed by atoms with E-state index in [4.69, 9.17) is 4.74 Å². The number of aryl methyl sites for hydroxylation is 1. The highest BCUT2D eigenvalue weighted by atomic mass is 32.2. The third-order valence-corrected chi connectivity index (χ3v) is 6.47. The lowest BCUT2D eigenvalue weighted by Gasteiger charge is -2.18. The SMILES string of the molecule is COc1ccccc1CCNC(=O)CSc1nnc(N2CCCC2)n1-c1ccc(C)cc1. The summed E-state index contributed by atoms with van der Waals surface area (Å²) in [6.07, 6.45) is 3.05. The summed E-state index contributed by atoms with van der Waals surface area (Å²) in [4.78, 5) is 14.8. The number of rotatable bonds is 9. The largest absolute Gasteiger partial charge is 0.496 e. The molecule has 1 saturated heterocycles. The summed E-state index contributed by atoms with van der Waals surface area (Å²) >= 11 is 1.41. The minimum atomic E-state index is -0.0222. The Morgan fingerprint density at radius 3 is 2.59 bits per heavy atom. The summed E-state index contributed by atoms with van der Waals surface area (Å²) in [6.45, 7) is 4.60. The average molecular weight is 452 g/mol. The molecule has 1 aliphatic rings. The molecule has 0 aliphatic carbocycles. The molecule has 7 nitrogen and oxygen atoms in total.